The Morgan fingerprint density at radius 3 is 2.91 bits per heavy atom. The molecule has 1 amide bonds. The molecule has 4 aromatic rings. The Labute approximate surface area is 197 Å². The fraction of sp³-hybridized carbons (Fsp3) is 0.304. The van der Waals surface area contributed by atoms with Crippen molar-refractivity contribution in [1.29, 1.82) is 0 Å². The highest BCUT2D eigenvalue weighted by atomic mass is 127. The Kier molecular flexibility index (Phi) is 5.68. The second-order valence-corrected chi connectivity index (χ2v) is 9.02. The van der Waals surface area contributed by atoms with Crippen LogP contribution in [0.15, 0.2) is 41.5 Å². The van der Waals surface area contributed by atoms with Gasteiger partial charge in [-0.05, 0) is 66.1 Å². The number of carbonyl (C=O) groups excluding carboxylic acids is 1. The second kappa shape index (κ2) is 8.62. The largest absolute Gasteiger partial charge is 0.381 e. The number of nitrogens with one attached hydrogen (secondary N) is 2. The number of hydrogen-bond acceptors (Lipinski definition) is 5. The molecule has 4 heterocycles. The molecule has 0 atom stereocenters. The van der Waals surface area contributed by atoms with Crippen molar-refractivity contribution >= 4 is 50.3 Å². The number of ether oxygens (including phenoxy) is 1. The van der Waals surface area contributed by atoms with Gasteiger partial charge in [-0.15, -0.1) is 0 Å². The van der Waals surface area contributed by atoms with Gasteiger partial charge in [-0.1, -0.05) is 6.07 Å². The van der Waals surface area contributed by atoms with E-state index in [1.54, 1.807) is 12.4 Å². The van der Waals surface area contributed by atoms with Gasteiger partial charge in [0.2, 0.25) is 0 Å². The summed E-state index contributed by atoms with van der Waals surface area (Å²) in [6.45, 7) is 3.62. The van der Waals surface area contributed by atoms with Gasteiger partial charge >= 0.3 is 0 Å². The smallest absolute Gasteiger partial charge is 0.259 e. The molecule has 0 radical (unpaired) electrons. The van der Waals surface area contributed by atoms with Crippen LogP contribution in [0, 0.1) is 10.6 Å². The van der Waals surface area contributed by atoms with Crippen molar-refractivity contribution in [3.63, 3.8) is 0 Å². The molecule has 3 aromatic heterocycles. The lowest BCUT2D eigenvalue weighted by molar-refractivity contribution is 0.0675. The lowest BCUT2D eigenvalue weighted by Gasteiger charge is -2.23. The van der Waals surface area contributed by atoms with E-state index in [1.807, 2.05) is 35.9 Å². The topological polar surface area (TPSA) is 102 Å². The van der Waals surface area contributed by atoms with Crippen LogP contribution in [-0.2, 0) is 11.3 Å². The van der Waals surface area contributed by atoms with Crippen molar-refractivity contribution in [3.8, 4) is 0 Å². The minimum Gasteiger partial charge on any atom is -0.381 e. The maximum atomic E-state index is 13.1. The van der Waals surface area contributed by atoms with Crippen molar-refractivity contribution < 1.29 is 9.53 Å². The average molecular weight is 543 g/mol. The molecular weight excluding hydrogens is 521 g/mol. The van der Waals surface area contributed by atoms with Gasteiger partial charge in [0.1, 0.15) is 3.70 Å². The van der Waals surface area contributed by atoms with Crippen molar-refractivity contribution in [2.24, 2.45) is 0 Å². The first-order valence-electron chi connectivity index (χ1n) is 10.5. The molecule has 1 aliphatic rings. The minimum absolute atomic E-state index is 0.164. The molecule has 2 N–H and O–H groups in total. The predicted molar refractivity (Wildman–Crippen MR) is 130 cm³/mol. The number of rotatable bonds is 4. The first-order valence-corrected chi connectivity index (χ1v) is 11.6. The number of hydrogen-bond donors (Lipinski definition) is 2. The third-order valence-electron chi connectivity index (χ3n) is 5.96. The molecule has 9 heteroatoms. The summed E-state index contributed by atoms with van der Waals surface area (Å²) < 4.78 is 8.29. The molecule has 8 nitrogen and oxygen atoms in total. The summed E-state index contributed by atoms with van der Waals surface area (Å²) in [6.07, 6.45) is 5.03. The van der Waals surface area contributed by atoms with E-state index in [2.05, 4.69) is 43.0 Å². The average Bonchev–Trinajstić information content (AvgIpc) is 3.25. The highest BCUT2D eigenvalue weighted by Gasteiger charge is 2.22. The van der Waals surface area contributed by atoms with Gasteiger partial charge in [0, 0.05) is 42.5 Å². The Hall–Kier alpha value is -2.79. The molecule has 1 aliphatic heterocycles. The summed E-state index contributed by atoms with van der Waals surface area (Å²) in [5.74, 6) is -0.166. The summed E-state index contributed by atoms with van der Waals surface area (Å²) in [5, 5.41) is 8.89. The fourth-order valence-corrected chi connectivity index (χ4v) is 4.80. The molecule has 0 spiro atoms. The molecular formula is C23H22IN5O3. The van der Waals surface area contributed by atoms with E-state index in [0.717, 1.165) is 38.6 Å². The Morgan fingerprint density at radius 2 is 2.12 bits per heavy atom. The van der Waals surface area contributed by atoms with E-state index >= 15 is 0 Å². The molecule has 1 saturated heterocycles. The molecule has 5 rings (SSSR count). The maximum absolute atomic E-state index is 13.1. The molecule has 0 saturated carbocycles. The summed E-state index contributed by atoms with van der Waals surface area (Å²) in [6, 6.07) is 7.69. The lowest BCUT2D eigenvalue weighted by Crippen LogP contribution is -2.24. The lowest BCUT2D eigenvalue weighted by atomic mass is 10.0. The summed E-state index contributed by atoms with van der Waals surface area (Å²) in [5.41, 5.74) is 3.63. The van der Waals surface area contributed by atoms with Crippen LogP contribution in [0.5, 0.6) is 0 Å². The summed E-state index contributed by atoms with van der Waals surface area (Å²) >= 11 is 2.16. The van der Waals surface area contributed by atoms with E-state index in [9.17, 15) is 9.59 Å². The number of pyridine rings is 2. The zero-order valence-electron chi connectivity index (χ0n) is 17.5. The van der Waals surface area contributed by atoms with E-state index < -0.39 is 0 Å². The van der Waals surface area contributed by atoms with Crippen LogP contribution >= 0.6 is 22.6 Å². The van der Waals surface area contributed by atoms with Gasteiger partial charge in [-0.3, -0.25) is 14.3 Å². The number of aromatic nitrogens is 4. The normalized spacial score (nSPS) is 14.8. The van der Waals surface area contributed by atoms with Crippen LogP contribution in [-0.4, -0.2) is 38.9 Å². The summed E-state index contributed by atoms with van der Waals surface area (Å²) in [7, 11) is 0. The highest BCUT2D eigenvalue weighted by Crippen LogP contribution is 2.29. The van der Waals surface area contributed by atoms with Gasteiger partial charge in [0.25, 0.3) is 11.5 Å². The number of H-pyrrole nitrogens is 1. The van der Waals surface area contributed by atoms with Crippen LogP contribution in [0.25, 0.3) is 21.8 Å². The number of aromatic amines is 1. The Morgan fingerprint density at radius 1 is 1.31 bits per heavy atom. The van der Waals surface area contributed by atoms with Gasteiger partial charge in [0.05, 0.1) is 28.7 Å². The summed E-state index contributed by atoms with van der Waals surface area (Å²) in [4.78, 5) is 33.0. The molecule has 1 fully saturated rings. The maximum Gasteiger partial charge on any atom is 0.259 e. The number of carbonyl (C=O) groups is 1. The molecule has 164 valence electrons. The number of halogens is 1. The Balaban J connectivity index is 1.57. The van der Waals surface area contributed by atoms with Gasteiger partial charge in [-0.25, -0.2) is 4.98 Å². The van der Waals surface area contributed by atoms with Gasteiger partial charge in [0.15, 0.2) is 0 Å². The van der Waals surface area contributed by atoms with Crippen LogP contribution in [0.1, 0.15) is 40.4 Å². The number of aryl methyl sites for hydroxylation is 1. The number of benzene rings is 1. The van der Waals surface area contributed by atoms with Crippen molar-refractivity contribution in [2.75, 3.05) is 13.2 Å². The zero-order valence-corrected chi connectivity index (χ0v) is 19.7. The molecule has 0 aliphatic carbocycles. The zero-order chi connectivity index (χ0) is 22.2. The third kappa shape index (κ3) is 3.79. The van der Waals surface area contributed by atoms with Crippen molar-refractivity contribution in [3.05, 3.63) is 67.4 Å². The molecule has 0 unspecified atom stereocenters. The number of nitrogens with zero attached hydrogens (tertiary/aromatic N) is 3. The fourth-order valence-electron chi connectivity index (χ4n) is 4.27. The monoisotopic (exact) mass is 543 g/mol. The predicted octanol–water partition coefficient (Wildman–Crippen LogP) is 3.47. The van der Waals surface area contributed by atoms with E-state index in [4.69, 9.17) is 4.74 Å². The second-order valence-electron chi connectivity index (χ2n) is 8.00. The Bertz CT molecular complexity index is 1390. The van der Waals surface area contributed by atoms with Crippen LogP contribution < -0.4 is 10.9 Å². The quantitative estimate of drug-likeness (QED) is 0.303. The number of amides is 1. The van der Waals surface area contributed by atoms with Crippen LogP contribution in [0.3, 0.4) is 0 Å². The van der Waals surface area contributed by atoms with Gasteiger partial charge < -0.3 is 15.0 Å². The van der Waals surface area contributed by atoms with E-state index in [0.29, 0.717) is 36.2 Å². The van der Waals surface area contributed by atoms with Gasteiger partial charge in [-0.2, -0.15) is 5.10 Å². The first-order chi connectivity index (χ1) is 15.5. The van der Waals surface area contributed by atoms with Crippen LogP contribution in [0.2, 0.25) is 0 Å². The third-order valence-corrected chi connectivity index (χ3v) is 6.94. The standard InChI is InChI=1S/C23H22IN5O3/c1-13-9-19-17(10-16(13)22(30)26-11-14-3-2-6-25-21(14)24)20-18(23(31)28-19)12-27-29(20)15-4-7-32-8-5-15/h2-3,6,9-10,12,15H,4-5,7-8,11H2,1H3,(H,26,30)(H,28,31). The molecule has 1 aromatic carbocycles. The highest BCUT2D eigenvalue weighted by molar-refractivity contribution is 14.1. The van der Waals surface area contributed by atoms with Crippen LogP contribution in [0.4, 0.5) is 0 Å². The molecule has 0 bridgehead atoms. The molecule has 32 heavy (non-hydrogen) atoms. The number of fused-ring (bicyclic) bond motifs is 3. The van der Waals surface area contributed by atoms with Crippen molar-refractivity contribution in [2.45, 2.75) is 32.4 Å². The minimum atomic E-state index is -0.173. The van der Waals surface area contributed by atoms with E-state index in [1.165, 1.54) is 0 Å². The first kappa shape index (κ1) is 21.1. The van der Waals surface area contributed by atoms with Crippen molar-refractivity contribution in [1.82, 2.24) is 25.1 Å². The van der Waals surface area contributed by atoms with E-state index in [-0.39, 0.29) is 17.5 Å². The SMILES string of the molecule is Cc1cc2[nH]c(=O)c3cnn(C4CCOCC4)c3c2cc1C(=O)NCc1cccnc1I.